The molecule has 1 aromatic heterocycles. The normalized spacial score (nSPS) is 15.3. The van der Waals surface area contributed by atoms with Crippen LogP contribution in [-0.2, 0) is 17.5 Å². The molecule has 1 N–H and O–H groups in total. The number of rotatable bonds is 6. The topological polar surface area (TPSA) is 70.5 Å². The number of anilines is 1. The van der Waals surface area contributed by atoms with Gasteiger partial charge in [-0.1, -0.05) is 0 Å². The summed E-state index contributed by atoms with van der Waals surface area (Å²) >= 11 is 0. The van der Waals surface area contributed by atoms with Crippen LogP contribution in [0.15, 0.2) is 41.2 Å². The highest BCUT2D eigenvalue weighted by Gasteiger charge is 2.32. The molecule has 39 heavy (non-hydrogen) atoms. The molecule has 1 aliphatic heterocycles. The van der Waals surface area contributed by atoms with Gasteiger partial charge in [0.1, 0.15) is 18.2 Å². The van der Waals surface area contributed by atoms with Crippen LogP contribution in [0, 0.1) is 5.82 Å². The van der Waals surface area contributed by atoms with Crippen molar-refractivity contribution in [2.24, 2.45) is 0 Å². The first kappa shape index (κ1) is 28.5. The maximum atomic E-state index is 14.3. The maximum absolute atomic E-state index is 14.3. The van der Waals surface area contributed by atoms with Crippen LogP contribution in [0.2, 0.25) is 0 Å². The third-order valence-corrected chi connectivity index (χ3v) is 6.80. The maximum Gasteiger partial charge on any atom is 0.416 e. The third-order valence-electron chi connectivity index (χ3n) is 6.80. The van der Waals surface area contributed by atoms with Crippen LogP contribution >= 0.6 is 0 Å². The highest BCUT2D eigenvalue weighted by molar-refractivity contribution is 5.84. The van der Waals surface area contributed by atoms with Gasteiger partial charge in [0.15, 0.2) is 0 Å². The van der Waals surface area contributed by atoms with Crippen LogP contribution in [0.1, 0.15) is 39.7 Å². The lowest BCUT2D eigenvalue weighted by Gasteiger charge is -2.26. The average molecular weight is 548 g/mol. The van der Waals surface area contributed by atoms with Gasteiger partial charge < -0.3 is 10.2 Å². The molecule has 0 saturated carbocycles. The van der Waals surface area contributed by atoms with E-state index in [-0.39, 0.29) is 28.3 Å². The van der Waals surface area contributed by atoms with Gasteiger partial charge >= 0.3 is 6.18 Å². The molecule has 0 spiro atoms. The highest BCUT2D eigenvalue weighted by Crippen LogP contribution is 2.33. The minimum atomic E-state index is -4.80. The van der Waals surface area contributed by atoms with E-state index in [9.17, 15) is 27.2 Å². The Balaban J connectivity index is 1.83. The summed E-state index contributed by atoms with van der Waals surface area (Å²) in [7, 11) is 0. The number of nitrogens with one attached hydrogen (secondary N) is 1. The number of aromatic nitrogens is 2. The smallest absolute Gasteiger partial charge is 0.370 e. The Morgan fingerprint density at radius 1 is 1.03 bits per heavy atom. The minimum absolute atomic E-state index is 0.216. The molecular formula is C28H33F4N5O2. The Kier molecular flexibility index (Phi) is 8.29. The first-order chi connectivity index (χ1) is 18.3. The Labute approximate surface area is 224 Å². The Bertz CT molecular complexity index is 1420. The number of nitrogens with zero attached hydrogens (tertiary/aromatic N) is 4. The zero-order valence-electron chi connectivity index (χ0n) is 22.5. The number of carbonyl (C=O) groups is 1. The van der Waals surface area contributed by atoms with Gasteiger partial charge in [0.2, 0.25) is 5.91 Å². The lowest BCUT2D eigenvalue weighted by atomic mass is 10.1. The molecule has 11 heteroatoms. The number of fused-ring (bicyclic) bond motifs is 1. The van der Waals surface area contributed by atoms with Gasteiger partial charge in [0.05, 0.1) is 16.5 Å². The molecule has 0 radical (unpaired) electrons. The molecule has 210 valence electrons. The quantitative estimate of drug-likeness (QED) is 0.455. The van der Waals surface area contributed by atoms with Gasteiger partial charge in [-0.15, -0.1) is 0 Å². The van der Waals surface area contributed by atoms with E-state index in [1.54, 1.807) is 26.0 Å². The number of hydrogen-bond acceptors (Lipinski definition) is 5. The van der Waals surface area contributed by atoms with Crippen molar-refractivity contribution in [2.45, 2.75) is 58.9 Å². The number of alkyl halides is 3. The summed E-state index contributed by atoms with van der Waals surface area (Å²) in [4.78, 5) is 35.5. The molecule has 0 aliphatic carbocycles. The van der Waals surface area contributed by atoms with Gasteiger partial charge in [-0.25, -0.2) is 9.37 Å². The van der Waals surface area contributed by atoms with E-state index in [0.29, 0.717) is 12.1 Å². The molecule has 1 aliphatic rings. The number of hydrogen-bond donors (Lipinski definition) is 1. The van der Waals surface area contributed by atoms with Gasteiger partial charge in [0, 0.05) is 49.5 Å². The average Bonchev–Trinajstić information content (AvgIpc) is 3.11. The van der Waals surface area contributed by atoms with Gasteiger partial charge in [-0.05, 0) is 70.5 Å². The predicted octanol–water partition coefficient (Wildman–Crippen LogP) is 4.67. The summed E-state index contributed by atoms with van der Waals surface area (Å²) in [5.74, 6) is -1.86. The summed E-state index contributed by atoms with van der Waals surface area (Å²) in [6.45, 7) is 10.7. The largest absolute Gasteiger partial charge is 0.416 e. The van der Waals surface area contributed by atoms with Crippen LogP contribution in [0.5, 0.6) is 0 Å². The van der Waals surface area contributed by atoms with E-state index >= 15 is 0 Å². The van der Waals surface area contributed by atoms with E-state index in [1.807, 2.05) is 6.07 Å². The van der Waals surface area contributed by atoms with Crippen LogP contribution < -0.4 is 15.8 Å². The molecule has 0 atom stereocenters. The van der Waals surface area contributed by atoms with E-state index in [4.69, 9.17) is 0 Å². The summed E-state index contributed by atoms with van der Waals surface area (Å²) < 4.78 is 55.6. The van der Waals surface area contributed by atoms with E-state index < -0.39 is 35.6 Å². The van der Waals surface area contributed by atoms with Gasteiger partial charge in [-0.2, -0.15) is 13.2 Å². The molecule has 2 heterocycles. The fourth-order valence-electron chi connectivity index (χ4n) is 4.88. The molecule has 4 rings (SSSR count). The number of halogens is 4. The summed E-state index contributed by atoms with van der Waals surface area (Å²) in [5.41, 5.74) is -0.980. The molecule has 3 aromatic rings. The van der Waals surface area contributed by atoms with E-state index in [2.05, 4.69) is 33.9 Å². The standard InChI is InChI=1S/C28H33F4N5O2/c1-17(2)33-25(38)16-37-26(19-12-20(28(30,31)32)14-21(29)13-19)34-24-7-6-22(15-23(24)27(37)39)36-9-5-8-35(10-11-36)18(3)4/h6-7,12-15,17-18H,5,8-11,16H2,1-4H3,(H,33,38). The summed E-state index contributed by atoms with van der Waals surface area (Å²) in [6, 6.07) is 7.38. The number of amides is 1. The third kappa shape index (κ3) is 6.58. The first-order valence-electron chi connectivity index (χ1n) is 13.0. The van der Waals surface area contributed by atoms with Crippen LogP contribution in [0.4, 0.5) is 23.2 Å². The van der Waals surface area contributed by atoms with E-state index in [0.717, 1.165) is 55.0 Å². The van der Waals surface area contributed by atoms with Crippen molar-refractivity contribution in [3.05, 3.63) is 58.1 Å². The molecule has 0 bridgehead atoms. The Hall–Kier alpha value is -3.47. The second-order valence-electron chi connectivity index (χ2n) is 10.4. The van der Waals surface area contributed by atoms with E-state index in [1.165, 1.54) is 0 Å². The van der Waals surface area contributed by atoms with Gasteiger partial charge in [0.25, 0.3) is 5.56 Å². The van der Waals surface area contributed by atoms with Crippen LogP contribution in [0.25, 0.3) is 22.3 Å². The molecular weight excluding hydrogens is 514 g/mol. The summed E-state index contributed by atoms with van der Waals surface area (Å²) in [5, 5.41) is 2.91. The van der Waals surface area contributed by atoms with Crippen molar-refractivity contribution >= 4 is 22.5 Å². The zero-order chi connectivity index (χ0) is 28.5. The lowest BCUT2D eigenvalue weighted by molar-refractivity contribution is -0.137. The second kappa shape index (κ2) is 11.3. The number of carbonyl (C=O) groups excluding carboxylic acids is 1. The van der Waals surface area contributed by atoms with Gasteiger partial charge in [-0.3, -0.25) is 19.1 Å². The Morgan fingerprint density at radius 2 is 1.77 bits per heavy atom. The highest BCUT2D eigenvalue weighted by atomic mass is 19.4. The van der Waals surface area contributed by atoms with Crippen molar-refractivity contribution in [1.82, 2.24) is 19.8 Å². The molecule has 2 aromatic carbocycles. The predicted molar refractivity (Wildman–Crippen MR) is 143 cm³/mol. The van der Waals surface area contributed by atoms with Crippen molar-refractivity contribution in [3.63, 3.8) is 0 Å². The molecule has 1 amide bonds. The fourth-order valence-corrected chi connectivity index (χ4v) is 4.88. The molecule has 7 nitrogen and oxygen atoms in total. The molecule has 0 unspecified atom stereocenters. The molecule has 1 saturated heterocycles. The summed E-state index contributed by atoms with van der Waals surface area (Å²) in [6.07, 6.45) is -3.85. The van der Waals surface area contributed by atoms with Crippen molar-refractivity contribution in [1.29, 1.82) is 0 Å². The first-order valence-corrected chi connectivity index (χ1v) is 13.0. The fraction of sp³-hybridized carbons (Fsp3) is 0.464. The second-order valence-corrected chi connectivity index (χ2v) is 10.4. The Morgan fingerprint density at radius 3 is 2.44 bits per heavy atom. The van der Waals surface area contributed by atoms with Crippen LogP contribution in [0.3, 0.4) is 0 Å². The zero-order valence-corrected chi connectivity index (χ0v) is 22.5. The molecule has 1 fully saturated rings. The minimum Gasteiger partial charge on any atom is -0.370 e. The SMILES string of the molecule is CC(C)NC(=O)Cn1c(-c2cc(F)cc(C(F)(F)F)c2)nc2ccc(N3CCCN(C(C)C)CC3)cc2c1=O. The monoisotopic (exact) mass is 547 g/mol. The number of benzene rings is 2. The lowest BCUT2D eigenvalue weighted by Crippen LogP contribution is -2.37. The van der Waals surface area contributed by atoms with Crippen molar-refractivity contribution < 1.29 is 22.4 Å². The van der Waals surface area contributed by atoms with Crippen molar-refractivity contribution in [2.75, 3.05) is 31.1 Å². The van der Waals surface area contributed by atoms with Crippen LogP contribution in [-0.4, -0.2) is 58.6 Å². The van der Waals surface area contributed by atoms with Crippen molar-refractivity contribution in [3.8, 4) is 11.4 Å².